The lowest BCUT2D eigenvalue weighted by Gasteiger charge is -2.38. The first-order valence-corrected chi connectivity index (χ1v) is 8.61. The third-order valence-corrected chi connectivity index (χ3v) is 4.56. The number of aliphatic carboxylic acids is 1. The Morgan fingerprint density at radius 1 is 1.29 bits per heavy atom. The van der Waals surface area contributed by atoms with Gasteiger partial charge in [-0.25, -0.2) is 4.79 Å². The van der Waals surface area contributed by atoms with E-state index in [0.29, 0.717) is 18.8 Å². The minimum Gasteiger partial charge on any atom is -0.481 e. The first-order chi connectivity index (χ1) is 9.95. The molecule has 1 fully saturated rings. The van der Waals surface area contributed by atoms with Gasteiger partial charge < -0.3 is 19.8 Å². The molecule has 0 spiro atoms. The number of carboxylic acids is 1. The van der Waals surface area contributed by atoms with Crippen molar-refractivity contribution in [2.24, 2.45) is 0 Å². The zero-order chi connectivity index (χ0) is 15.8. The highest BCUT2D eigenvalue weighted by molar-refractivity contribution is 7.99. The number of amides is 2. The van der Waals surface area contributed by atoms with E-state index < -0.39 is 5.97 Å². The summed E-state index contributed by atoms with van der Waals surface area (Å²) in [7, 11) is 3.97. The van der Waals surface area contributed by atoms with E-state index in [4.69, 9.17) is 5.11 Å². The van der Waals surface area contributed by atoms with Crippen LogP contribution in [0.5, 0.6) is 0 Å². The van der Waals surface area contributed by atoms with Crippen LogP contribution in [0.4, 0.5) is 4.79 Å². The van der Waals surface area contributed by atoms with Crippen LogP contribution in [-0.4, -0.2) is 89.6 Å². The third kappa shape index (κ3) is 6.13. The minimum absolute atomic E-state index is 0.00903. The first-order valence-electron chi connectivity index (χ1n) is 7.45. The van der Waals surface area contributed by atoms with E-state index in [1.54, 1.807) is 16.7 Å². The fourth-order valence-corrected chi connectivity index (χ4v) is 3.42. The van der Waals surface area contributed by atoms with Crippen LogP contribution >= 0.6 is 11.8 Å². The average molecular weight is 317 g/mol. The molecule has 7 heteroatoms. The molecule has 0 aromatic heterocycles. The molecule has 1 aliphatic heterocycles. The molecule has 1 atom stereocenters. The predicted molar refractivity (Wildman–Crippen MR) is 85.9 cm³/mol. The number of hydrogen-bond acceptors (Lipinski definition) is 4. The molecule has 1 unspecified atom stereocenters. The minimum atomic E-state index is -0.837. The zero-order valence-corrected chi connectivity index (χ0v) is 14.1. The summed E-state index contributed by atoms with van der Waals surface area (Å²) in [4.78, 5) is 29.4. The number of carbonyl (C=O) groups excluding carboxylic acids is 1. The molecule has 0 aromatic carbocycles. The maximum atomic E-state index is 12.7. The van der Waals surface area contributed by atoms with Crippen LogP contribution in [0.3, 0.4) is 0 Å². The van der Waals surface area contributed by atoms with Gasteiger partial charge in [0.15, 0.2) is 0 Å². The molecule has 0 bridgehead atoms. The molecule has 0 aromatic rings. The summed E-state index contributed by atoms with van der Waals surface area (Å²) >= 11 is 1.73. The van der Waals surface area contributed by atoms with Crippen molar-refractivity contribution in [3.05, 3.63) is 0 Å². The molecule has 1 aliphatic rings. The lowest BCUT2D eigenvalue weighted by atomic mass is 10.2. The van der Waals surface area contributed by atoms with Gasteiger partial charge in [0.1, 0.15) is 0 Å². The molecule has 1 N–H and O–H groups in total. The SMILES string of the molecule is CCCN(CCN(C)C)C(=O)N1CCSCC1CC(=O)O. The van der Waals surface area contributed by atoms with Crippen molar-refractivity contribution >= 4 is 23.8 Å². The summed E-state index contributed by atoms with van der Waals surface area (Å²) in [5, 5.41) is 9.02. The van der Waals surface area contributed by atoms with Gasteiger partial charge in [0, 0.05) is 37.7 Å². The lowest BCUT2D eigenvalue weighted by molar-refractivity contribution is -0.138. The van der Waals surface area contributed by atoms with Crippen LogP contribution in [0, 0.1) is 0 Å². The Labute approximate surface area is 131 Å². The van der Waals surface area contributed by atoms with Crippen molar-refractivity contribution in [2.75, 3.05) is 51.8 Å². The Bertz CT molecular complexity index is 352. The van der Waals surface area contributed by atoms with Gasteiger partial charge in [0.25, 0.3) is 0 Å². The number of urea groups is 1. The van der Waals surface area contributed by atoms with Crippen LogP contribution < -0.4 is 0 Å². The van der Waals surface area contributed by atoms with Crippen LogP contribution in [0.15, 0.2) is 0 Å². The highest BCUT2D eigenvalue weighted by atomic mass is 32.2. The second kappa shape index (κ2) is 9.15. The van der Waals surface area contributed by atoms with Crippen molar-refractivity contribution in [2.45, 2.75) is 25.8 Å². The van der Waals surface area contributed by atoms with Gasteiger partial charge in [-0.1, -0.05) is 6.92 Å². The largest absolute Gasteiger partial charge is 0.481 e. The van der Waals surface area contributed by atoms with Gasteiger partial charge >= 0.3 is 12.0 Å². The predicted octanol–water partition coefficient (Wildman–Crippen LogP) is 1.27. The Balaban J connectivity index is 2.71. The summed E-state index contributed by atoms with van der Waals surface area (Å²) in [6.45, 7) is 4.91. The van der Waals surface area contributed by atoms with E-state index in [1.165, 1.54) is 0 Å². The normalized spacial score (nSPS) is 18.9. The van der Waals surface area contributed by atoms with Crippen molar-refractivity contribution in [3.63, 3.8) is 0 Å². The van der Waals surface area contributed by atoms with Gasteiger partial charge in [-0.05, 0) is 20.5 Å². The van der Waals surface area contributed by atoms with Crippen LogP contribution in [-0.2, 0) is 4.79 Å². The number of carbonyl (C=O) groups is 2. The van der Waals surface area contributed by atoms with E-state index in [9.17, 15) is 9.59 Å². The van der Waals surface area contributed by atoms with Gasteiger partial charge in [-0.3, -0.25) is 4.79 Å². The van der Waals surface area contributed by atoms with E-state index in [-0.39, 0.29) is 18.5 Å². The molecule has 1 rings (SSSR count). The number of nitrogens with zero attached hydrogens (tertiary/aromatic N) is 3. The molecule has 2 amide bonds. The van der Waals surface area contributed by atoms with Gasteiger partial charge in [0.2, 0.25) is 0 Å². The van der Waals surface area contributed by atoms with E-state index in [0.717, 1.165) is 25.3 Å². The second-order valence-corrected chi connectivity index (χ2v) is 6.74. The summed E-state index contributed by atoms with van der Waals surface area (Å²) in [6, 6.07) is -0.197. The van der Waals surface area contributed by atoms with Gasteiger partial charge in [-0.15, -0.1) is 0 Å². The number of carboxylic acid groups (broad SMARTS) is 1. The van der Waals surface area contributed by atoms with Crippen LogP contribution in [0.25, 0.3) is 0 Å². The Morgan fingerprint density at radius 3 is 2.57 bits per heavy atom. The van der Waals surface area contributed by atoms with E-state index >= 15 is 0 Å². The molecule has 1 heterocycles. The maximum absolute atomic E-state index is 12.7. The van der Waals surface area contributed by atoms with Gasteiger partial charge in [0.05, 0.1) is 12.5 Å². The molecule has 122 valence electrons. The second-order valence-electron chi connectivity index (χ2n) is 5.59. The van der Waals surface area contributed by atoms with Gasteiger partial charge in [-0.2, -0.15) is 11.8 Å². The Morgan fingerprint density at radius 2 is 2.00 bits per heavy atom. The molecule has 0 radical (unpaired) electrons. The van der Waals surface area contributed by atoms with Crippen molar-refractivity contribution < 1.29 is 14.7 Å². The molecular weight excluding hydrogens is 290 g/mol. The lowest BCUT2D eigenvalue weighted by Crippen LogP contribution is -2.53. The standard InChI is InChI=1S/C14H27N3O3S/c1-4-5-16(7-6-15(2)3)14(20)17-8-9-21-11-12(17)10-13(18)19/h12H,4-11H2,1-3H3,(H,18,19). The first kappa shape index (κ1) is 18.1. The summed E-state index contributed by atoms with van der Waals surface area (Å²) in [6.07, 6.45) is 0.942. The molecular formula is C14H27N3O3S. The summed E-state index contributed by atoms with van der Waals surface area (Å²) in [5.41, 5.74) is 0. The zero-order valence-electron chi connectivity index (χ0n) is 13.2. The number of likely N-dealkylation sites (N-methyl/N-ethyl adjacent to an activating group) is 1. The summed E-state index contributed by atoms with van der Waals surface area (Å²) < 4.78 is 0. The van der Waals surface area contributed by atoms with Crippen LogP contribution in [0.1, 0.15) is 19.8 Å². The van der Waals surface area contributed by atoms with E-state index in [2.05, 4.69) is 11.8 Å². The monoisotopic (exact) mass is 317 g/mol. The topological polar surface area (TPSA) is 64.1 Å². The highest BCUT2D eigenvalue weighted by Gasteiger charge is 2.31. The molecule has 0 saturated carbocycles. The third-order valence-electron chi connectivity index (χ3n) is 3.46. The van der Waals surface area contributed by atoms with E-state index in [1.807, 2.05) is 19.0 Å². The highest BCUT2D eigenvalue weighted by Crippen LogP contribution is 2.20. The number of rotatable bonds is 7. The van der Waals surface area contributed by atoms with Crippen molar-refractivity contribution in [1.29, 1.82) is 0 Å². The van der Waals surface area contributed by atoms with Crippen molar-refractivity contribution in [3.8, 4) is 0 Å². The summed E-state index contributed by atoms with van der Waals surface area (Å²) in [5.74, 6) is 0.761. The fraction of sp³-hybridized carbons (Fsp3) is 0.857. The average Bonchev–Trinajstić information content (AvgIpc) is 2.42. The molecule has 0 aliphatic carbocycles. The molecule has 6 nitrogen and oxygen atoms in total. The number of thioether (sulfide) groups is 1. The van der Waals surface area contributed by atoms with Crippen molar-refractivity contribution in [1.82, 2.24) is 14.7 Å². The molecule has 21 heavy (non-hydrogen) atoms. The number of hydrogen-bond donors (Lipinski definition) is 1. The molecule has 1 saturated heterocycles. The smallest absolute Gasteiger partial charge is 0.320 e. The maximum Gasteiger partial charge on any atom is 0.320 e. The fourth-order valence-electron chi connectivity index (χ4n) is 2.35. The van der Waals surface area contributed by atoms with Crippen LogP contribution in [0.2, 0.25) is 0 Å². The Kier molecular flexibility index (Phi) is 7.88. The quantitative estimate of drug-likeness (QED) is 0.766. The Hall–Kier alpha value is -0.950.